The summed E-state index contributed by atoms with van der Waals surface area (Å²) in [5.74, 6) is 0. The van der Waals surface area contributed by atoms with E-state index < -0.39 is 0 Å². The smallest absolute Gasteiger partial charge is 1.00 e. The van der Waals surface area contributed by atoms with Crippen LogP contribution in [0.2, 0.25) is 0 Å². The quantitative estimate of drug-likeness (QED) is 0.520. The molecule has 0 aromatic carbocycles. The van der Waals surface area contributed by atoms with Crippen LogP contribution in [0.25, 0.3) is 0 Å². The maximum absolute atomic E-state index is 0. The molecule has 5 heteroatoms. The normalized spacial score (nSPS) is 0. The van der Waals surface area contributed by atoms with Gasteiger partial charge in [-0.05, 0) is 0 Å². The van der Waals surface area contributed by atoms with Gasteiger partial charge in [-0.1, -0.05) is 0 Å². The summed E-state index contributed by atoms with van der Waals surface area (Å²) < 4.78 is 0. The Hall–Kier alpha value is 1.70. The van der Waals surface area contributed by atoms with Gasteiger partial charge in [0.15, 0.2) is 0 Å². The van der Waals surface area contributed by atoms with Crippen LogP contribution in [-0.2, 0) is 0 Å². The molecule has 0 aliphatic heterocycles. The summed E-state index contributed by atoms with van der Waals surface area (Å²) in [6.07, 6.45) is 0. The van der Waals surface area contributed by atoms with Gasteiger partial charge in [-0.3, -0.25) is 0 Å². The van der Waals surface area contributed by atoms with Gasteiger partial charge in [0.05, 0.1) is 0 Å². The van der Waals surface area contributed by atoms with Gasteiger partial charge >= 0.3 is 19.0 Å². The first-order valence-electron chi connectivity index (χ1n) is 0. The summed E-state index contributed by atoms with van der Waals surface area (Å²) in [6, 6.07) is 0. The zero-order valence-corrected chi connectivity index (χ0v) is 4.90. The van der Waals surface area contributed by atoms with E-state index in [1.54, 1.807) is 0 Å². The van der Waals surface area contributed by atoms with Crippen LogP contribution in [0.15, 0.2) is 0 Å². The first-order chi connectivity index (χ1) is 0. The Balaban J connectivity index is 0. The van der Waals surface area contributed by atoms with E-state index in [1.807, 2.05) is 0 Å². The van der Waals surface area contributed by atoms with Gasteiger partial charge in [0, 0.05) is 0 Å². The summed E-state index contributed by atoms with van der Waals surface area (Å²) in [5, 5.41) is 0. The van der Waals surface area contributed by atoms with Crippen LogP contribution >= 0.6 is 49.6 Å². The second-order valence-corrected chi connectivity index (χ2v) is 0. The number of hydrogen-bond acceptors (Lipinski definition) is 0. The molecule has 0 nitrogen and oxygen atoms in total. The van der Waals surface area contributed by atoms with Crippen molar-refractivity contribution in [3.05, 3.63) is 0 Å². The van der Waals surface area contributed by atoms with Crippen molar-refractivity contribution in [1.82, 2.24) is 0 Å². The minimum absolute atomic E-state index is 0. The van der Waals surface area contributed by atoms with Crippen LogP contribution in [0.5, 0.6) is 0 Å². The molecule has 0 heterocycles. The Labute approximate surface area is 68.6 Å². The van der Waals surface area contributed by atoms with Gasteiger partial charge in [-0.2, -0.15) is 0 Å². The van der Waals surface area contributed by atoms with Gasteiger partial charge in [0.25, 0.3) is 0 Å². The summed E-state index contributed by atoms with van der Waals surface area (Å²) in [4.78, 5) is 0. The van der Waals surface area contributed by atoms with E-state index in [0.717, 1.165) is 0 Å². The third kappa shape index (κ3) is 27.0. The topological polar surface area (TPSA) is 0 Å². The zero-order valence-electron chi connectivity index (χ0n) is 2.63. The van der Waals surface area contributed by atoms with Crippen LogP contribution in [0.4, 0.5) is 0 Å². The van der Waals surface area contributed by atoms with Gasteiger partial charge < -0.3 is 0 Å². The largest absolute Gasteiger partial charge is 1.00 e. The molecule has 0 saturated carbocycles. The maximum atomic E-state index is 0. The fourth-order valence-electron chi connectivity index (χ4n) is 0. The fourth-order valence-corrected chi connectivity index (χ4v) is 0. The van der Waals surface area contributed by atoms with Crippen LogP contribution < -0.4 is 0 Å². The molecule has 0 aromatic heterocycles. The van der Waals surface area contributed by atoms with Gasteiger partial charge in [-0.25, -0.2) is 0 Å². The Morgan fingerprint density at radius 1 is 0.600 bits per heavy atom. The third-order valence-corrected chi connectivity index (χ3v) is 0. The summed E-state index contributed by atoms with van der Waals surface area (Å²) in [6.45, 7) is 0. The Morgan fingerprint density at radius 2 is 0.600 bits per heavy atom. The van der Waals surface area contributed by atoms with E-state index in [2.05, 4.69) is 0 Å². The average molecular weight is 223 g/mol. The molecule has 0 unspecified atom stereocenters. The molecule has 0 N–H and O–H groups in total. The number of halogens is 4. The predicted molar refractivity (Wildman–Crippen MR) is 41.4 cm³/mol. The van der Waals surface area contributed by atoms with Crippen molar-refractivity contribution in [1.29, 1.82) is 0 Å². The summed E-state index contributed by atoms with van der Waals surface area (Å²) >= 11 is 0. The molecular weight excluding hydrogens is 214 g/mol. The molecule has 0 amide bonds. The molecule has 0 spiro atoms. The summed E-state index contributed by atoms with van der Waals surface area (Å²) in [7, 11) is 0. The molecule has 0 rings (SSSR count). The molecular formula is H9Cl4Ge+. The monoisotopic (exact) mass is 223 g/mol. The Morgan fingerprint density at radius 3 is 0.600 bits per heavy atom. The van der Waals surface area contributed by atoms with Crippen LogP contribution in [0.1, 0.15) is 1.43 Å². The van der Waals surface area contributed by atoms with E-state index in [4.69, 9.17) is 0 Å². The van der Waals surface area contributed by atoms with Crippen molar-refractivity contribution in [2.24, 2.45) is 0 Å². The molecule has 0 radical (unpaired) electrons. The van der Waals surface area contributed by atoms with E-state index in [1.165, 1.54) is 0 Å². The van der Waals surface area contributed by atoms with E-state index in [0.29, 0.717) is 0 Å². The minimum atomic E-state index is 0. The molecule has 0 saturated heterocycles. The molecule has 0 aliphatic carbocycles. The first kappa shape index (κ1) is 75.2. The van der Waals surface area contributed by atoms with Crippen LogP contribution in [0.3, 0.4) is 0 Å². The zero-order chi connectivity index (χ0) is 0. The molecule has 0 bridgehead atoms. The van der Waals surface area contributed by atoms with Crippen molar-refractivity contribution in [2.75, 3.05) is 0 Å². The van der Waals surface area contributed by atoms with Crippen LogP contribution in [0, 0.1) is 0 Å². The number of rotatable bonds is 0. The van der Waals surface area contributed by atoms with Crippen molar-refractivity contribution in [3.8, 4) is 0 Å². The standard InChI is InChI=1S/4ClH.GeH4/h4*1H;1H4/p+1. The SMILES string of the molecule is Cl.Cl.Cl.Cl.[GeH4].[H+]. The van der Waals surface area contributed by atoms with E-state index >= 15 is 0 Å². The van der Waals surface area contributed by atoms with Crippen molar-refractivity contribution in [2.45, 2.75) is 0 Å². The molecule has 0 fully saturated rings. The Kier molecular flexibility index (Phi) is 654. The molecule has 5 heavy (non-hydrogen) atoms. The molecule has 0 aliphatic rings. The van der Waals surface area contributed by atoms with Crippen molar-refractivity contribution in [3.63, 3.8) is 0 Å². The maximum Gasteiger partial charge on any atom is 1.00 e. The first-order valence-corrected chi connectivity index (χ1v) is 0. The van der Waals surface area contributed by atoms with E-state index in [-0.39, 0.29) is 68.7 Å². The molecule has 40 valence electrons. The average Bonchev–Trinajstić information content (AvgIpc) is 0. The van der Waals surface area contributed by atoms with Crippen LogP contribution in [-0.4, -0.2) is 17.6 Å². The minimum Gasteiger partial charge on any atom is 1.00 e. The van der Waals surface area contributed by atoms with Gasteiger partial charge in [-0.15, -0.1) is 49.6 Å². The van der Waals surface area contributed by atoms with Crippen molar-refractivity contribution < 1.29 is 1.43 Å². The van der Waals surface area contributed by atoms with Gasteiger partial charge in [0.2, 0.25) is 0 Å². The molecule has 0 aromatic rings. The second kappa shape index (κ2) is 43.5. The second-order valence-electron chi connectivity index (χ2n) is 0. The summed E-state index contributed by atoms with van der Waals surface area (Å²) in [5.41, 5.74) is 0. The predicted octanol–water partition coefficient (Wildman–Crippen LogP) is 0.348. The fraction of sp³-hybridized carbons (Fsp3) is 0. The van der Waals surface area contributed by atoms with Gasteiger partial charge in [0.1, 0.15) is 0 Å². The van der Waals surface area contributed by atoms with Crippen molar-refractivity contribution >= 4 is 67.2 Å². The molecule has 0 atom stereocenters. The Bertz CT molecular complexity index is 7.51. The van der Waals surface area contributed by atoms with E-state index in [9.17, 15) is 0 Å². The third-order valence-electron chi connectivity index (χ3n) is 0. The number of hydrogen-bond donors (Lipinski definition) is 0.